The molecule has 0 bridgehead atoms. The van der Waals surface area contributed by atoms with Crippen molar-refractivity contribution in [3.8, 4) is 0 Å². The number of carbonyl (C=O) groups is 2. The van der Waals surface area contributed by atoms with Gasteiger partial charge in [-0.1, -0.05) is 25.8 Å². The summed E-state index contributed by atoms with van der Waals surface area (Å²) in [6, 6.07) is 0. The molecule has 0 saturated heterocycles. The highest BCUT2D eigenvalue weighted by Gasteiger charge is 2.59. The van der Waals surface area contributed by atoms with E-state index in [0.29, 0.717) is 0 Å². The zero-order valence-corrected chi connectivity index (χ0v) is 12.5. The molecule has 1 aliphatic carbocycles. The van der Waals surface area contributed by atoms with Gasteiger partial charge in [-0.3, -0.25) is 19.9 Å². The van der Waals surface area contributed by atoms with E-state index in [4.69, 9.17) is 0 Å². The number of rotatable bonds is 5. The van der Waals surface area contributed by atoms with E-state index in [2.05, 4.69) is 17.2 Å². The quantitative estimate of drug-likeness (QED) is 0.776. The third kappa shape index (κ3) is 3.52. The maximum Gasteiger partial charge on any atom is 0.238 e. The van der Waals surface area contributed by atoms with E-state index in [-0.39, 0.29) is 17.7 Å². The number of nitrogens with zero attached hydrogens (tertiary/aromatic N) is 1. The molecular weight excluding hydrogens is 240 g/mol. The summed E-state index contributed by atoms with van der Waals surface area (Å²) >= 11 is 0. The summed E-state index contributed by atoms with van der Waals surface area (Å²) < 4.78 is 0. The first kappa shape index (κ1) is 15.6. The van der Waals surface area contributed by atoms with Crippen molar-refractivity contribution in [1.29, 1.82) is 0 Å². The summed E-state index contributed by atoms with van der Waals surface area (Å²) in [6.07, 6.45) is 4.71. The third-order valence-electron chi connectivity index (χ3n) is 3.77. The van der Waals surface area contributed by atoms with Crippen LogP contribution in [0.4, 0.5) is 0 Å². The molecule has 0 aromatic rings. The second-order valence-corrected chi connectivity index (χ2v) is 5.53. The predicted molar refractivity (Wildman–Crippen MR) is 76.8 cm³/mol. The van der Waals surface area contributed by atoms with Gasteiger partial charge in [-0.15, -0.1) is 0 Å². The topological polar surface area (TPSA) is 58.5 Å². The maximum atomic E-state index is 12.1. The van der Waals surface area contributed by atoms with Crippen LogP contribution in [0.1, 0.15) is 53.9 Å². The van der Waals surface area contributed by atoms with Gasteiger partial charge in [-0.05, 0) is 32.6 Å². The van der Waals surface area contributed by atoms with Gasteiger partial charge in [0.15, 0.2) is 0 Å². The molecule has 19 heavy (non-hydrogen) atoms. The van der Waals surface area contributed by atoms with Gasteiger partial charge in [0.1, 0.15) is 0 Å². The van der Waals surface area contributed by atoms with Gasteiger partial charge < -0.3 is 0 Å². The van der Waals surface area contributed by atoms with Crippen molar-refractivity contribution in [1.82, 2.24) is 5.32 Å². The SMILES string of the molecule is CCC/C(C)=C\N=C(/C)C1(C(=O)NC(C)=O)CC1C. The first-order valence-corrected chi connectivity index (χ1v) is 6.87. The summed E-state index contributed by atoms with van der Waals surface area (Å²) in [4.78, 5) is 27.6. The lowest BCUT2D eigenvalue weighted by molar-refractivity contribution is -0.131. The second-order valence-electron chi connectivity index (χ2n) is 5.53. The number of nitrogens with one attached hydrogen (secondary N) is 1. The van der Waals surface area contributed by atoms with E-state index in [1.54, 1.807) is 0 Å². The highest BCUT2D eigenvalue weighted by molar-refractivity contribution is 6.14. The standard InChI is InChI=1S/C15H24N2O2/c1-6-7-10(2)9-16-12(4)15(8-11(15)3)14(19)17-13(5)18/h9,11H,6-8H2,1-5H3,(H,17,18,19)/b10-9-,16-12+. The number of imide groups is 1. The number of hydrogen-bond donors (Lipinski definition) is 1. The fraction of sp³-hybridized carbons (Fsp3) is 0.667. The number of carbonyl (C=O) groups excluding carboxylic acids is 2. The molecule has 0 aromatic heterocycles. The molecule has 0 radical (unpaired) electrons. The third-order valence-corrected chi connectivity index (χ3v) is 3.77. The van der Waals surface area contributed by atoms with Crippen molar-refractivity contribution in [2.75, 3.05) is 0 Å². The maximum absolute atomic E-state index is 12.1. The Hall–Kier alpha value is -1.45. The molecule has 1 saturated carbocycles. The summed E-state index contributed by atoms with van der Waals surface area (Å²) in [5.41, 5.74) is 1.43. The Morgan fingerprint density at radius 3 is 2.37 bits per heavy atom. The van der Waals surface area contributed by atoms with Crippen molar-refractivity contribution in [3.05, 3.63) is 11.8 Å². The minimum atomic E-state index is -0.575. The van der Waals surface area contributed by atoms with Crippen LogP contribution in [-0.2, 0) is 9.59 Å². The van der Waals surface area contributed by atoms with E-state index >= 15 is 0 Å². The van der Waals surface area contributed by atoms with Crippen LogP contribution in [0.2, 0.25) is 0 Å². The Balaban J connectivity index is 2.86. The number of allylic oxidation sites excluding steroid dienone is 1. The Morgan fingerprint density at radius 1 is 1.37 bits per heavy atom. The zero-order chi connectivity index (χ0) is 14.6. The van der Waals surface area contributed by atoms with Crippen molar-refractivity contribution in [2.24, 2.45) is 16.3 Å². The molecule has 2 amide bonds. The number of amides is 2. The smallest absolute Gasteiger partial charge is 0.238 e. The fourth-order valence-electron chi connectivity index (χ4n) is 2.46. The highest BCUT2D eigenvalue weighted by atomic mass is 16.2. The lowest BCUT2D eigenvalue weighted by atomic mass is 9.97. The molecule has 2 unspecified atom stereocenters. The molecule has 1 aliphatic rings. The van der Waals surface area contributed by atoms with Crippen molar-refractivity contribution in [2.45, 2.75) is 53.9 Å². The zero-order valence-electron chi connectivity index (χ0n) is 12.5. The van der Waals surface area contributed by atoms with Crippen LogP contribution < -0.4 is 5.32 Å². The molecule has 0 aromatic carbocycles. The highest BCUT2D eigenvalue weighted by Crippen LogP contribution is 2.53. The Kier molecular flexibility index (Phi) is 5.04. The van der Waals surface area contributed by atoms with Gasteiger partial charge in [-0.25, -0.2) is 0 Å². The van der Waals surface area contributed by atoms with Crippen LogP contribution in [0.25, 0.3) is 0 Å². The van der Waals surface area contributed by atoms with Crippen molar-refractivity contribution in [3.63, 3.8) is 0 Å². The summed E-state index contributed by atoms with van der Waals surface area (Å²) in [5, 5.41) is 2.39. The van der Waals surface area contributed by atoms with E-state index in [1.807, 2.05) is 27.0 Å². The second kappa shape index (κ2) is 6.13. The first-order chi connectivity index (χ1) is 8.84. The van der Waals surface area contributed by atoms with Crippen LogP contribution in [0.5, 0.6) is 0 Å². The molecule has 2 atom stereocenters. The monoisotopic (exact) mass is 264 g/mol. The van der Waals surface area contributed by atoms with E-state index < -0.39 is 5.41 Å². The molecule has 106 valence electrons. The fourth-order valence-corrected chi connectivity index (χ4v) is 2.46. The van der Waals surface area contributed by atoms with Gasteiger partial charge in [0.2, 0.25) is 11.8 Å². The average molecular weight is 264 g/mol. The molecule has 0 spiro atoms. The van der Waals surface area contributed by atoms with Crippen LogP contribution >= 0.6 is 0 Å². The Morgan fingerprint density at radius 2 is 1.95 bits per heavy atom. The van der Waals surface area contributed by atoms with Crippen LogP contribution in [0.15, 0.2) is 16.8 Å². The van der Waals surface area contributed by atoms with Gasteiger partial charge in [-0.2, -0.15) is 0 Å². The van der Waals surface area contributed by atoms with Crippen LogP contribution in [0.3, 0.4) is 0 Å². The predicted octanol–water partition coefficient (Wildman–Crippen LogP) is 2.84. The lowest BCUT2D eigenvalue weighted by Crippen LogP contribution is -2.39. The minimum absolute atomic E-state index is 0.213. The molecule has 0 aliphatic heterocycles. The minimum Gasteiger partial charge on any atom is -0.296 e. The first-order valence-electron chi connectivity index (χ1n) is 6.87. The molecule has 1 fully saturated rings. The lowest BCUT2D eigenvalue weighted by Gasteiger charge is -2.14. The van der Waals surface area contributed by atoms with E-state index in [9.17, 15) is 9.59 Å². The molecule has 1 N–H and O–H groups in total. The molecule has 4 heteroatoms. The van der Waals surface area contributed by atoms with Gasteiger partial charge >= 0.3 is 0 Å². The molecule has 4 nitrogen and oxygen atoms in total. The normalized spacial score (nSPS) is 27.1. The molecule has 1 rings (SSSR count). The Bertz CT molecular complexity index is 437. The van der Waals surface area contributed by atoms with Gasteiger partial charge in [0.05, 0.1) is 5.41 Å². The van der Waals surface area contributed by atoms with Crippen molar-refractivity contribution >= 4 is 17.5 Å². The summed E-state index contributed by atoms with van der Waals surface area (Å²) in [7, 11) is 0. The van der Waals surface area contributed by atoms with E-state index in [1.165, 1.54) is 12.5 Å². The van der Waals surface area contributed by atoms with E-state index in [0.717, 1.165) is 25.0 Å². The summed E-state index contributed by atoms with van der Waals surface area (Å²) in [5.74, 6) is -0.278. The largest absolute Gasteiger partial charge is 0.296 e. The van der Waals surface area contributed by atoms with Crippen LogP contribution in [-0.4, -0.2) is 17.5 Å². The van der Waals surface area contributed by atoms with Gasteiger partial charge in [0.25, 0.3) is 0 Å². The molecular formula is C15H24N2O2. The van der Waals surface area contributed by atoms with Crippen LogP contribution in [0, 0.1) is 11.3 Å². The molecule has 0 heterocycles. The van der Waals surface area contributed by atoms with Crippen molar-refractivity contribution < 1.29 is 9.59 Å². The van der Waals surface area contributed by atoms with Gasteiger partial charge in [0, 0.05) is 18.8 Å². The average Bonchev–Trinajstić information content (AvgIpc) is 2.99. The number of hydrogen-bond acceptors (Lipinski definition) is 3. The summed E-state index contributed by atoms with van der Waals surface area (Å²) in [6.45, 7) is 9.41. The number of aliphatic imine (C=N–C) groups is 1. The Labute approximate surface area is 115 Å².